The molecular weight excluding hydrogens is 282 g/mol. The third-order valence-corrected chi connectivity index (χ3v) is 3.44. The number of nitrogens with zero attached hydrogens (tertiary/aromatic N) is 3. The van der Waals surface area contributed by atoms with Crippen molar-refractivity contribution in [3.63, 3.8) is 0 Å². The van der Waals surface area contributed by atoms with Crippen LogP contribution in [0.5, 0.6) is 11.5 Å². The van der Waals surface area contributed by atoms with E-state index in [1.807, 2.05) is 0 Å². The van der Waals surface area contributed by atoms with Crippen LogP contribution < -0.4 is 9.47 Å². The molecule has 108 valence electrons. The number of aryl methyl sites for hydroxylation is 1. The van der Waals surface area contributed by atoms with Crippen molar-refractivity contribution in [3.8, 4) is 11.5 Å². The minimum Gasteiger partial charge on any atom is -0.493 e. The lowest BCUT2D eigenvalue weighted by atomic mass is 10.1. The first-order valence-corrected chi connectivity index (χ1v) is 6.37. The topological polar surface area (TPSA) is 69.4 Å². The van der Waals surface area contributed by atoms with E-state index in [9.17, 15) is 5.11 Å². The summed E-state index contributed by atoms with van der Waals surface area (Å²) in [6, 6.07) is 3.42. The van der Waals surface area contributed by atoms with E-state index in [2.05, 4.69) is 10.1 Å². The van der Waals surface area contributed by atoms with Gasteiger partial charge in [0.1, 0.15) is 12.2 Å². The Labute approximate surface area is 121 Å². The standard InChI is InChI=1S/C13H16ClN3O3/c1-17-11(15-7-16-17)6-9(18)8-4-5-10(19-2)13(20-3)12(8)14/h4-5,7,9,18H,6H2,1-3H3. The average Bonchev–Trinajstić information content (AvgIpc) is 2.83. The first kappa shape index (κ1) is 14.6. The summed E-state index contributed by atoms with van der Waals surface area (Å²) in [7, 11) is 4.80. The van der Waals surface area contributed by atoms with Gasteiger partial charge in [-0.15, -0.1) is 0 Å². The molecule has 0 fully saturated rings. The lowest BCUT2D eigenvalue weighted by Crippen LogP contribution is -2.08. The van der Waals surface area contributed by atoms with E-state index in [4.69, 9.17) is 21.1 Å². The third-order valence-electron chi connectivity index (χ3n) is 3.05. The maximum atomic E-state index is 10.3. The number of aromatic nitrogens is 3. The molecule has 7 heteroatoms. The van der Waals surface area contributed by atoms with Gasteiger partial charge in [0, 0.05) is 19.0 Å². The number of aliphatic hydroxyl groups excluding tert-OH is 1. The predicted octanol–water partition coefficient (Wildman–Crippen LogP) is 1.76. The first-order chi connectivity index (χ1) is 9.58. The van der Waals surface area contributed by atoms with E-state index < -0.39 is 6.10 Å². The van der Waals surface area contributed by atoms with Crippen molar-refractivity contribution >= 4 is 11.6 Å². The third kappa shape index (κ3) is 2.71. The van der Waals surface area contributed by atoms with Gasteiger partial charge < -0.3 is 14.6 Å². The molecule has 0 radical (unpaired) electrons. The Morgan fingerprint density at radius 3 is 2.65 bits per heavy atom. The largest absolute Gasteiger partial charge is 0.493 e. The Balaban J connectivity index is 2.30. The summed E-state index contributed by atoms with van der Waals surface area (Å²) in [5.41, 5.74) is 0.562. The summed E-state index contributed by atoms with van der Waals surface area (Å²) >= 11 is 6.26. The highest BCUT2D eigenvalue weighted by atomic mass is 35.5. The molecule has 0 amide bonds. The molecule has 0 spiro atoms. The fraction of sp³-hybridized carbons (Fsp3) is 0.385. The van der Waals surface area contributed by atoms with E-state index in [0.717, 1.165) is 0 Å². The fourth-order valence-corrected chi connectivity index (χ4v) is 2.31. The molecule has 1 unspecified atom stereocenters. The van der Waals surface area contributed by atoms with E-state index in [1.165, 1.54) is 20.5 Å². The zero-order chi connectivity index (χ0) is 14.7. The maximum Gasteiger partial charge on any atom is 0.179 e. The smallest absolute Gasteiger partial charge is 0.179 e. The van der Waals surface area contributed by atoms with Crippen molar-refractivity contribution in [2.24, 2.45) is 7.05 Å². The Morgan fingerprint density at radius 1 is 1.35 bits per heavy atom. The fourth-order valence-electron chi connectivity index (χ4n) is 1.95. The van der Waals surface area contributed by atoms with Crippen LogP contribution in [0.2, 0.25) is 5.02 Å². The van der Waals surface area contributed by atoms with Gasteiger partial charge in [0.05, 0.1) is 25.3 Å². The summed E-state index contributed by atoms with van der Waals surface area (Å²) in [6.45, 7) is 0. The van der Waals surface area contributed by atoms with Crippen LogP contribution in [0.15, 0.2) is 18.5 Å². The van der Waals surface area contributed by atoms with Crippen LogP contribution in [0.1, 0.15) is 17.5 Å². The molecule has 1 N–H and O–H groups in total. The molecule has 0 aliphatic heterocycles. The molecule has 1 aromatic carbocycles. The van der Waals surface area contributed by atoms with Crippen molar-refractivity contribution in [2.75, 3.05) is 14.2 Å². The molecule has 0 aliphatic rings. The Bertz CT molecular complexity index is 601. The summed E-state index contributed by atoms with van der Waals surface area (Å²) in [5, 5.41) is 14.6. The molecule has 0 saturated heterocycles. The quantitative estimate of drug-likeness (QED) is 0.911. The van der Waals surface area contributed by atoms with Crippen molar-refractivity contribution < 1.29 is 14.6 Å². The van der Waals surface area contributed by atoms with Crippen LogP contribution in [0.4, 0.5) is 0 Å². The van der Waals surface area contributed by atoms with Crippen LogP contribution in [0.25, 0.3) is 0 Å². The summed E-state index contributed by atoms with van der Waals surface area (Å²) in [4.78, 5) is 4.08. The molecule has 1 heterocycles. The molecule has 1 aromatic heterocycles. The molecule has 6 nitrogen and oxygen atoms in total. The lowest BCUT2D eigenvalue weighted by molar-refractivity contribution is 0.174. The molecule has 1 atom stereocenters. The highest BCUT2D eigenvalue weighted by Crippen LogP contribution is 2.40. The van der Waals surface area contributed by atoms with E-state index in [1.54, 1.807) is 23.9 Å². The second-order valence-electron chi connectivity index (χ2n) is 4.22. The van der Waals surface area contributed by atoms with Crippen molar-refractivity contribution in [3.05, 3.63) is 34.9 Å². The molecule has 2 rings (SSSR count). The van der Waals surface area contributed by atoms with Gasteiger partial charge in [-0.25, -0.2) is 4.98 Å². The highest BCUT2D eigenvalue weighted by molar-refractivity contribution is 6.33. The van der Waals surface area contributed by atoms with Crippen LogP contribution >= 0.6 is 11.6 Å². The average molecular weight is 298 g/mol. The molecule has 0 aliphatic carbocycles. The van der Waals surface area contributed by atoms with Gasteiger partial charge in [-0.1, -0.05) is 17.7 Å². The highest BCUT2D eigenvalue weighted by Gasteiger charge is 2.20. The minimum absolute atomic E-state index is 0.311. The molecule has 0 saturated carbocycles. The zero-order valence-corrected chi connectivity index (χ0v) is 12.3. The maximum absolute atomic E-state index is 10.3. The van der Waals surface area contributed by atoms with E-state index in [-0.39, 0.29) is 0 Å². The Morgan fingerprint density at radius 2 is 2.10 bits per heavy atom. The molecular formula is C13H16ClN3O3. The van der Waals surface area contributed by atoms with Crippen molar-refractivity contribution in [1.82, 2.24) is 14.8 Å². The van der Waals surface area contributed by atoms with E-state index >= 15 is 0 Å². The van der Waals surface area contributed by atoms with E-state index in [0.29, 0.717) is 34.3 Å². The number of rotatable bonds is 5. The number of hydrogen-bond acceptors (Lipinski definition) is 5. The minimum atomic E-state index is -0.801. The molecule has 20 heavy (non-hydrogen) atoms. The number of hydrogen-bond donors (Lipinski definition) is 1. The number of ether oxygens (including phenoxy) is 2. The van der Waals surface area contributed by atoms with Gasteiger partial charge in [-0.2, -0.15) is 5.10 Å². The van der Waals surface area contributed by atoms with Gasteiger partial charge >= 0.3 is 0 Å². The van der Waals surface area contributed by atoms with Crippen LogP contribution in [-0.4, -0.2) is 34.1 Å². The van der Waals surface area contributed by atoms with Gasteiger partial charge in [0.25, 0.3) is 0 Å². The van der Waals surface area contributed by atoms with Crippen molar-refractivity contribution in [2.45, 2.75) is 12.5 Å². The molecule has 0 bridgehead atoms. The summed E-state index contributed by atoms with van der Waals surface area (Å²) in [5.74, 6) is 1.60. The Kier molecular flexibility index (Phi) is 4.46. The number of halogens is 1. The SMILES string of the molecule is COc1ccc(C(O)Cc2ncnn2C)c(Cl)c1OC. The Hall–Kier alpha value is -1.79. The second kappa shape index (κ2) is 6.11. The van der Waals surface area contributed by atoms with Crippen LogP contribution in [-0.2, 0) is 13.5 Å². The summed E-state index contributed by atoms with van der Waals surface area (Å²) in [6.07, 6.45) is 0.953. The number of benzene rings is 1. The normalized spacial score (nSPS) is 12.2. The zero-order valence-electron chi connectivity index (χ0n) is 11.5. The van der Waals surface area contributed by atoms with Gasteiger partial charge in [-0.3, -0.25) is 4.68 Å². The van der Waals surface area contributed by atoms with Crippen LogP contribution in [0, 0.1) is 0 Å². The van der Waals surface area contributed by atoms with Crippen molar-refractivity contribution in [1.29, 1.82) is 0 Å². The van der Waals surface area contributed by atoms with Gasteiger partial charge in [0.15, 0.2) is 11.5 Å². The van der Waals surface area contributed by atoms with Crippen LogP contribution in [0.3, 0.4) is 0 Å². The monoisotopic (exact) mass is 297 g/mol. The second-order valence-corrected chi connectivity index (χ2v) is 4.60. The van der Waals surface area contributed by atoms with Gasteiger partial charge in [0.2, 0.25) is 0 Å². The predicted molar refractivity (Wildman–Crippen MR) is 74.2 cm³/mol. The summed E-state index contributed by atoms with van der Waals surface area (Å²) < 4.78 is 12.0. The first-order valence-electron chi connectivity index (χ1n) is 5.99. The lowest BCUT2D eigenvalue weighted by Gasteiger charge is -2.16. The molecule has 2 aromatic rings. The number of aliphatic hydroxyl groups is 1. The van der Waals surface area contributed by atoms with Gasteiger partial charge in [-0.05, 0) is 6.07 Å². The number of methoxy groups -OCH3 is 2.